The Hall–Kier alpha value is -3.17. The summed E-state index contributed by atoms with van der Waals surface area (Å²) in [4.78, 5) is 12.4. The highest BCUT2D eigenvalue weighted by Gasteiger charge is 2.14. The number of ether oxygens (including phenoxy) is 2. The summed E-state index contributed by atoms with van der Waals surface area (Å²) >= 11 is 6.32. The van der Waals surface area contributed by atoms with E-state index in [1.807, 2.05) is 19.9 Å². The molecule has 0 aliphatic heterocycles. The molecule has 0 fully saturated rings. The van der Waals surface area contributed by atoms with Gasteiger partial charge in [0.2, 0.25) is 0 Å². The van der Waals surface area contributed by atoms with Crippen molar-refractivity contribution in [2.75, 3.05) is 18.5 Å². The highest BCUT2D eigenvalue weighted by Crippen LogP contribution is 2.37. The summed E-state index contributed by atoms with van der Waals surface area (Å²) in [6, 6.07) is 11.1. The zero-order valence-electron chi connectivity index (χ0n) is 15.7. The molecule has 2 rings (SSSR count). The van der Waals surface area contributed by atoms with E-state index in [2.05, 4.69) is 5.32 Å². The molecule has 2 N–H and O–H groups in total. The topological polar surface area (TPSA) is 91.6 Å². The maximum Gasteiger partial charge on any atom is 0.266 e. The van der Waals surface area contributed by atoms with Crippen LogP contribution in [0.1, 0.15) is 25.8 Å². The average molecular weight is 401 g/mol. The smallest absolute Gasteiger partial charge is 0.266 e. The van der Waals surface area contributed by atoms with Crippen LogP contribution in [0.2, 0.25) is 5.02 Å². The van der Waals surface area contributed by atoms with Crippen LogP contribution in [0.4, 0.5) is 5.69 Å². The van der Waals surface area contributed by atoms with Crippen LogP contribution in [0.25, 0.3) is 6.08 Å². The molecule has 2 aromatic rings. The largest absolute Gasteiger partial charge is 0.508 e. The third-order valence-corrected chi connectivity index (χ3v) is 3.86. The minimum atomic E-state index is -0.575. The monoisotopic (exact) mass is 400 g/mol. The number of carbonyl (C=O) groups excluding carboxylic acids is 1. The van der Waals surface area contributed by atoms with Gasteiger partial charge >= 0.3 is 0 Å². The number of nitrogens with one attached hydrogen (secondary N) is 1. The molecular formula is C21H21ClN2O4. The van der Waals surface area contributed by atoms with Crippen molar-refractivity contribution >= 4 is 29.3 Å². The van der Waals surface area contributed by atoms with Gasteiger partial charge in [-0.15, -0.1) is 0 Å². The maximum absolute atomic E-state index is 12.4. The van der Waals surface area contributed by atoms with Crippen LogP contribution in [-0.2, 0) is 4.79 Å². The van der Waals surface area contributed by atoms with Crippen molar-refractivity contribution in [3.63, 3.8) is 0 Å². The molecular weight excluding hydrogens is 380 g/mol. The highest BCUT2D eigenvalue weighted by atomic mass is 35.5. The van der Waals surface area contributed by atoms with Crippen LogP contribution in [0.5, 0.6) is 17.2 Å². The van der Waals surface area contributed by atoms with Crippen LogP contribution in [0.3, 0.4) is 0 Å². The van der Waals surface area contributed by atoms with E-state index >= 15 is 0 Å². The van der Waals surface area contributed by atoms with E-state index in [4.69, 9.17) is 21.1 Å². The molecule has 6 nitrogen and oxygen atoms in total. The number of halogens is 1. The van der Waals surface area contributed by atoms with E-state index in [0.29, 0.717) is 41.0 Å². The van der Waals surface area contributed by atoms with E-state index in [-0.39, 0.29) is 11.3 Å². The van der Waals surface area contributed by atoms with Crippen LogP contribution >= 0.6 is 11.6 Å². The van der Waals surface area contributed by atoms with Crippen LogP contribution in [0, 0.1) is 11.3 Å². The van der Waals surface area contributed by atoms with Crippen LogP contribution in [-0.4, -0.2) is 24.2 Å². The van der Waals surface area contributed by atoms with Gasteiger partial charge in [0.05, 0.1) is 18.2 Å². The Bertz CT molecular complexity index is 902. The number of aromatic hydroxyl groups is 1. The van der Waals surface area contributed by atoms with Gasteiger partial charge in [0.1, 0.15) is 17.4 Å². The van der Waals surface area contributed by atoms with Gasteiger partial charge < -0.3 is 19.9 Å². The Morgan fingerprint density at radius 3 is 2.57 bits per heavy atom. The first-order chi connectivity index (χ1) is 13.5. The predicted molar refractivity (Wildman–Crippen MR) is 109 cm³/mol. The van der Waals surface area contributed by atoms with Gasteiger partial charge in [-0.3, -0.25) is 4.79 Å². The van der Waals surface area contributed by atoms with Crippen molar-refractivity contribution in [2.45, 2.75) is 20.3 Å². The molecule has 7 heteroatoms. The Labute approximate surface area is 169 Å². The predicted octanol–water partition coefficient (Wildman–Crippen LogP) is 4.78. The van der Waals surface area contributed by atoms with Gasteiger partial charge in [0.25, 0.3) is 5.91 Å². The van der Waals surface area contributed by atoms with Crippen molar-refractivity contribution in [1.82, 2.24) is 0 Å². The lowest BCUT2D eigenvalue weighted by molar-refractivity contribution is -0.112. The summed E-state index contributed by atoms with van der Waals surface area (Å²) in [6.45, 7) is 4.73. The molecule has 0 atom stereocenters. The van der Waals surface area contributed by atoms with Gasteiger partial charge in [-0.05, 0) is 61.4 Å². The maximum atomic E-state index is 12.4. The second-order valence-corrected chi connectivity index (χ2v) is 6.19. The number of amides is 1. The minimum Gasteiger partial charge on any atom is -0.508 e. The molecule has 0 unspecified atom stereocenters. The van der Waals surface area contributed by atoms with Crippen molar-refractivity contribution in [3.8, 4) is 23.3 Å². The number of hydrogen-bond acceptors (Lipinski definition) is 5. The van der Waals surface area contributed by atoms with E-state index in [0.717, 1.165) is 6.42 Å². The number of nitrogens with zero attached hydrogens (tertiary/aromatic N) is 1. The fourth-order valence-corrected chi connectivity index (χ4v) is 2.61. The quantitative estimate of drug-likeness (QED) is 0.378. The van der Waals surface area contributed by atoms with Crippen LogP contribution < -0.4 is 14.8 Å². The molecule has 0 aliphatic carbocycles. The number of anilines is 1. The number of benzene rings is 2. The molecule has 0 aromatic heterocycles. The Kier molecular flexibility index (Phi) is 7.73. The van der Waals surface area contributed by atoms with Crippen molar-refractivity contribution in [1.29, 1.82) is 5.26 Å². The number of phenols is 1. The standard InChI is InChI=1S/C21H21ClN2O4/c1-3-9-28-20-18(22)11-14(12-19(20)27-4-2)10-15(13-23)21(26)24-16-5-7-17(25)8-6-16/h5-8,10-12,25H,3-4,9H2,1-2H3,(H,24,26)/b15-10+. The van der Waals surface area contributed by atoms with Gasteiger partial charge in [0.15, 0.2) is 11.5 Å². The first kappa shape index (κ1) is 21.1. The normalized spacial score (nSPS) is 10.9. The summed E-state index contributed by atoms with van der Waals surface area (Å²) in [7, 11) is 0. The molecule has 0 radical (unpaired) electrons. The summed E-state index contributed by atoms with van der Waals surface area (Å²) in [6.07, 6.45) is 2.24. The SMILES string of the molecule is CCCOc1c(Cl)cc(/C=C(\C#N)C(=O)Nc2ccc(O)cc2)cc1OCC. The number of hydrogen-bond donors (Lipinski definition) is 2. The lowest BCUT2D eigenvalue weighted by atomic mass is 10.1. The molecule has 0 saturated heterocycles. The molecule has 0 saturated carbocycles. The van der Waals surface area contributed by atoms with E-state index < -0.39 is 5.91 Å². The third kappa shape index (κ3) is 5.66. The Morgan fingerprint density at radius 1 is 1.25 bits per heavy atom. The Balaban J connectivity index is 2.30. The van der Waals surface area contributed by atoms with Gasteiger partial charge in [-0.1, -0.05) is 18.5 Å². The van der Waals surface area contributed by atoms with E-state index in [1.165, 1.54) is 30.3 Å². The van der Waals surface area contributed by atoms with E-state index in [1.54, 1.807) is 12.1 Å². The lowest BCUT2D eigenvalue weighted by Crippen LogP contribution is -2.13. The molecule has 0 bridgehead atoms. The summed E-state index contributed by atoms with van der Waals surface area (Å²) in [5.41, 5.74) is 0.892. The zero-order valence-corrected chi connectivity index (χ0v) is 16.4. The molecule has 1 amide bonds. The first-order valence-corrected chi connectivity index (χ1v) is 9.17. The fraction of sp³-hybridized carbons (Fsp3) is 0.238. The summed E-state index contributed by atoms with van der Waals surface area (Å²) < 4.78 is 11.2. The molecule has 146 valence electrons. The lowest BCUT2D eigenvalue weighted by Gasteiger charge is -2.14. The van der Waals surface area contributed by atoms with Crippen molar-refractivity contribution < 1.29 is 19.4 Å². The first-order valence-electron chi connectivity index (χ1n) is 8.79. The van der Waals surface area contributed by atoms with Crippen LogP contribution in [0.15, 0.2) is 42.0 Å². The Morgan fingerprint density at radius 2 is 1.96 bits per heavy atom. The molecule has 28 heavy (non-hydrogen) atoms. The number of carbonyl (C=O) groups is 1. The number of nitriles is 1. The van der Waals surface area contributed by atoms with Crippen molar-refractivity contribution in [3.05, 3.63) is 52.6 Å². The molecule has 0 heterocycles. The summed E-state index contributed by atoms with van der Waals surface area (Å²) in [5.74, 6) is 0.395. The van der Waals surface area contributed by atoms with Gasteiger partial charge in [-0.2, -0.15) is 5.26 Å². The number of rotatable bonds is 8. The third-order valence-electron chi connectivity index (χ3n) is 3.58. The van der Waals surface area contributed by atoms with Crippen molar-refractivity contribution in [2.24, 2.45) is 0 Å². The summed E-state index contributed by atoms with van der Waals surface area (Å²) in [5, 5.41) is 21.6. The molecule has 0 spiro atoms. The van der Waals surface area contributed by atoms with E-state index in [9.17, 15) is 15.2 Å². The number of phenolic OH excluding ortho intramolecular Hbond substituents is 1. The minimum absolute atomic E-state index is 0.0810. The fourth-order valence-electron chi connectivity index (χ4n) is 2.34. The molecule has 2 aromatic carbocycles. The average Bonchev–Trinajstić information content (AvgIpc) is 2.67. The highest BCUT2D eigenvalue weighted by molar-refractivity contribution is 6.32. The zero-order chi connectivity index (χ0) is 20.5. The van der Waals surface area contributed by atoms with Gasteiger partial charge in [0, 0.05) is 5.69 Å². The second kappa shape index (κ2) is 10.2. The molecule has 0 aliphatic rings. The van der Waals surface area contributed by atoms with Gasteiger partial charge in [-0.25, -0.2) is 0 Å². The second-order valence-electron chi connectivity index (χ2n) is 5.78.